The maximum atomic E-state index is 11.9. The van der Waals surface area contributed by atoms with E-state index in [0.717, 1.165) is 4.90 Å². The molecule has 0 fully saturated rings. The van der Waals surface area contributed by atoms with Crippen molar-refractivity contribution >= 4 is 23.5 Å². The number of nitrogens with zero attached hydrogens (tertiary/aromatic N) is 2. The Kier molecular flexibility index (Phi) is 2.60. The van der Waals surface area contributed by atoms with Crippen molar-refractivity contribution in [3.63, 3.8) is 0 Å². The first-order chi connectivity index (χ1) is 8.00. The standard InChI is InChI=1S/C10H10N4O3/c1-14-9(16)8-5(13-10(14)17)2-3-12-6(8)4-7(11)15/h2-3H,4H2,1H3,(H2,11,15)(H,13,17)/p+1. The number of nitrogens with two attached hydrogens (primary N) is 2. The highest BCUT2D eigenvalue weighted by atomic mass is 16.2. The fourth-order valence-corrected chi connectivity index (χ4v) is 1.69. The molecule has 0 saturated carbocycles. The van der Waals surface area contributed by atoms with Crippen LogP contribution in [0.25, 0.3) is 0 Å². The van der Waals surface area contributed by atoms with Crippen molar-refractivity contribution < 1.29 is 19.7 Å². The molecule has 1 aliphatic heterocycles. The molecule has 1 aromatic heterocycles. The fourth-order valence-electron chi connectivity index (χ4n) is 1.69. The third-order valence-electron chi connectivity index (χ3n) is 2.53. The zero-order chi connectivity index (χ0) is 12.6. The van der Waals surface area contributed by atoms with Gasteiger partial charge in [-0.1, -0.05) is 0 Å². The molecule has 17 heavy (non-hydrogen) atoms. The van der Waals surface area contributed by atoms with Gasteiger partial charge in [0, 0.05) is 19.3 Å². The number of pyridine rings is 1. The van der Waals surface area contributed by atoms with Crippen LogP contribution in [0.5, 0.6) is 0 Å². The molecule has 0 aliphatic carbocycles. The molecular formula is C10H11N4O3+. The first-order valence-corrected chi connectivity index (χ1v) is 4.93. The van der Waals surface area contributed by atoms with Crippen molar-refractivity contribution in [2.75, 3.05) is 7.05 Å². The fraction of sp³-hybridized carbons (Fsp3) is 0.200. The molecule has 0 atom stereocenters. The van der Waals surface area contributed by atoms with Crippen LogP contribution in [0, 0.1) is 0 Å². The van der Waals surface area contributed by atoms with Gasteiger partial charge < -0.3 is 5.73 Å². The summed E-state index contributed by atoms with van der Waals surface area (Å²) >= 11 is 0. The molecular weight excluding hydrogens is 224 g/mol. The highest BCUT2D eigenvalue weighted by molar-refractivity contribution is 6.08. The van der Waals surface area contributed by atoms with Crippen LogP contribution in [0.15, 0.2) is 12.3 Å². The topological polar surface area (TPSA) is 110 Å². The molecule has 1 aliphatic rings. The van der Waals surface area contributed by atoms with Gasteiger partial charge in [-0.3, -0.25) is 14.6 Å². The summed E-state index contributed by atoms with van der Waals surface area (Å²) < 4.78 is 0. The molecule has 88 valence electrons. The number of rotatable bonds is 2. The molecule has 1 aromatic rings. The molecule has 4 N–H and O–H groups in total. The number of imide groups is 1. The number of quaternary nitrogens is 1. The monoisotopic (exact) mass is 235 g/mol. The number of primary amides is 2. The van der Waals surface area contributed by atoms with Gasteiger partial charge in [0.2, 0.25) is 5.91 Å². The van der Waals surface area contributed by atoms with Crippen molar-refractivity contribution in [2.24, 2.45) is 5.73 Å². The van der Waals surface area contributed by atoms with E-state index in [4.69, 9.17) is 5.73 Å². The van der Waals surface area contributed by atoms with Crippen LogP contribution in [0.2, 0.25) is 0 Å². The average Bonchev–Trinajstić information content (AvgIpc) is 2.25. The minimum Gasteiger partial charge on any atom is -0.369 e. The van der Waals surface area contributed by atoms with Crippen molar-refractivity contribution in [1.82, 2.24) is 9.88 Å². The lowest BCUT2D eigenvalue weighted by Gasteiger charge is -2.20. The predicted octanol–water partition coefficient (Wildman–Crippen LogP) is -1.49. The Hall–Kier alpha value is -2.28. The van der Waals surface area contributed by atoms with Gasteiger partial charge in [-0.2, -0.15) is 0 Å². The molecule has 0 unspecified atom stereocenters. The normalized spacial score (nSPS) is 14.8. The second kappa shape index (κ2) is 3.95. The molecule has 0 saturated heterocycles. The highest BCUT2D eigenvalue weighted by Gasteiger charge is 2.35. The summed E-state index contributed by atoms with van der Waals surface area (Å²) in [6.07, 6.45) is 1.32. The van der Waals surface area contributed by atoms with Crippen molar-refractivity contribution in [2.45, 2.75) is 6.42 Å². The summed E-state index contributed by atoms with van der Waals surface area (Å²) in [5.41, 5.74) is 6.13. The highest BCUT2D eigenvalue weighted by Crippen LogP contribution is 2.19. The van der Waals surface area contributed by atoms with Crippen LogP contribution in [0.1, 0.15) is 16.1 Å². The van der Waals surface area contributed by atoms with E-state index in [1.165, 1.54) is 18.6 Å². The van der Waals surface area contributed by atoms with Crippen molar-refractivity contribution in [3.8, 4) is 0 Å². The second-order valence-electron chi connectivity index (χ2n) is 3.71. The summed E-state index contributed by atoms with van der Waals surface area (Å²) in [6, 6.07) is 1.17. The first-order valence-electron chi connectivity index (χ1n) is 4.93. The van der Waals surface area contributed by atoms with E-state index < -0.39 is 17.8 Å². The summed E-state index contributed by atoms with van der Waals surface area (Å²) in [4.78, 5) is 39.2. The van der Waals surface area contributed by atoms with Crippen molar-refractivity contribution in [3.05, 3.63) is 23.5 Å². The Labute approximate surface area is 96.6 Å². The Bertz CT molecular complexity index is 526. The molecule has 7 heteroatoms. The minimum absolute atomic E-state index is 0.120. The summed E-state index contributed by atoms with van der Waals surface area (Å²) in [6.45, 7) is 0. The van der Waals surface area contributed by atoms with Gasteiger partial charge in [-0.05, 0) is 0 Å². The Balaban J connectivity index is 2.53. The quantitative estimate of drug-likeness (QED) is 0.650. The van der Waals surface area contributed by atoms with E-state index in [-0.39, 0.29) is 12.0 Å². The second-order valence-corrected chi connectivity index (χ2v) is 3.71. The molecule has 0 spiro atoms. The minimum atomic E-state index is -0.571. The molecule has 0 bridgehead atoms. The van der Waals surface area contributed by atoms with Gasteiger partial charge in [0.25, 0.3) is 5.91 Å². The number of hydrogen-bond donors (Lipinski definition) is 2. The number of hydrogen-bond acceptors (Lipinski definition) is 4. The van der Waals surface area contributed by atoms with Crippen LogP contribution in [-0.2, 0) is 11.2 Å². The third-order valence-corrected chi connectivity index (χ3v) is 2.53. The zero-order valence-corrected chi connectivity index (χ0v) is 9.14. The molecule has 7 nitrogen and oxygen atoms in total. The molecule has 0 aromatic carbocycles. The van der Waals surface area contributed by atoms with Gasteiger partial charge >= 0.3 is 6.03 Å². The van der Waals surface area contributed by atoms with Crippen LogP contribution in [-0.4, -0.2) is 34.8 Å². The largest absolute Gasteiger partial charge is 0.427 e. The van der Waals surface area contributed by atoms with Gasteiger partial charge in [0.05, 0.1) is 12.1 Å². The molecule has 2 rings (SSSR count). The number of carbonyl (C=O) groups excluding carboxylic acids is 3. The van der Waals surface area contributed by atoms with Crippen LogP contribution in [0.3, 0.4) is 0 Å². The number of carbonyl (C=O) groups is 3. The van der Waals surface area contributed by atoms with Gasteiger partial charge in [0.1, 0.15) is 5.56 Å². The van der Waals surface area contributed by atoms with E-state index in [2.05, 4.69) is 4.98 Å². The number of urea groups is 1. The Morgan fingerprint density at radius 3 is 2.88 bits per heavy atom. The van der Waals surface area contributed by atoms with E-state index in [0.29, 0.717) is 11.4 Å². The summed E-state index contributed by atoms with van der Waals surface area (Å²) in [5.74, 6) is -1.03. The van der Waals surface area contributed by atoms with Crippen molar-refractivity contribution in [1.29, 1.82) is 0 Å². The van der Waals surface area contributed by atoms with Gasteiger partial charge in [0.15, 0.2) is 5.69 Å². The molecule has 2 heterocycles. The number of amides is 4. The SMILES string of the molecule is CN1C(=O)[NH2+]c2ccnc(CC(N)=O)c2C1=O. The van der Waals surface area contributed by atoms with E-state index in [1.807, 2.05) is 0 Å². The first kappa shape index (κ1) is 11.2. The Morgan fingerprint density at radius 1 is 1.53 bits per heavy atom. The Morgan fingerprint density at radius 2 is 2.24 bits per heavy atom. The van der Waals surface area contributed by atoms with E-state index >= 15 is 0 Å². The smallest absolute Gasteiger partial charge is 0.369 e. The maximum Gasteiger partial charge on any atom is 0.427 e. The van der Waals surface area contributed by atoms with Crippen LogP contribution < -0.4 is 11.1 Å². The lowest BCUT2D eigenvalue weighted by Crippen LogP contribution is -2.88. The maximum absolute atomic E-state index is 11.9. The third kappa shape index (κ3) is 1.87. The summed E-state index contributed by atoms with van der Waals surface area (Å²) in [5, 5.41) is 1.34. The predicted molar refractivity (Wildman–Crippen MR) is 56.2 cm³/mol. The lowest BCUT2D eigenvalue weighted by molar-refractivity contribution is -0.473. The number of fused-ring (bicyclic) bond motifs is 1. The molecule has 4 amide bonds. The van der Waals surface area contributed by atoms with Gasteiger partial charge in [-0.25, -0.2) is 15.0 Å². The summed E-state index contributed by atoms with van der Waals surface area (Å²) in [7, 11) is 1.38. The van der Waals surface area contributed by atoms with Crippen LogP contribution >= 0.6 is 0 Å². The van der Waals surface area contributed by atoms with E-state index in [1.54, 1.807) is 6.07 Å². The number of aromatic nitrogens is 1. The van der Waals surface area contributed by atoms with Crippen LogP contribution in [0.4, 0.5) is 10.5 Å². The average molecular weight is 235 g/mol. The zero-order valence-electron chi connectivity index (χ0n) is 9.14. The van der Waals surface area contributed by atoms with Gasteiger partial charge in [-0.15, -0.1) is 0 Å². The lowest BCUT2D eigenvalue weighted by atomic mass is 10.1. The van der Waals surface area contributed by atoms with E-state index in [9.17, 15) is 14.4 Å². The molecule has 0 radical (unpaired) electrons.